The number of anilines is 2. The van der Waals surface area contributed by atoms with E-state index in [9.17, 15) is 9.18 Å². The highest BCUT2D eigenvalue weighted by molar-refractivity contribution is 5.90. The number of benzene rings is 2. The number of aromatic nitrogens is 1. The Kier molecular flexibility index (Phi) is 5.31. The number of hydrogen-bond acceptors (Lipinski definition) is 5. The Hall–Kier alpha value is -3.15. The Morgan fingerprint density at radius 2 is 2.00 bits per heavy atom. The molecule has 3 aromatic rings. The molecule has 0 saturated carbocycles. The summed E-state index contributed by atoms with van der Waals surface area (Å²) in [6.07, 6.45) is 2.48. The second-order valence-corrected chi connectivity index (χ2v) is 5.71. The Bertz CT molecular complexity index is 890. The lowest BCUT2D eigenvalue weighted by Crippen LogP contribution is -2.18. The minimum absolute atomic E-state index is 0.294. The average Bonchev–Trinajstić information content (AvgIpc) is 3.16. The number of carbonyl (C=O) groups is 1. The second-order valence-electron chi connectivity index (χ2n) is 5.71. The average molecular weight is 354 g/mol. The molecule has 0 aliphatic carbocycles. The molecule has 0 saturated heterocycles. The summed E-state index contributed by atoms with van der Waals surface area (Å²) in [6.45, 7) is 2.72. The van der Waals surface area contributed by atoms with Gasteiger partial charge in [-0.15, -0.1) is 0 Å². The molecule has 134 valence electrons. The molecule has 0 unspecified atom stereocenters. The summed E-state index contributed by atoms with van der Waals surface area (Å²) in [5.74, 6) is -0.169. The number of esters is 1. The molecule has 0 aliphatic heterocycles. The third kappa shape index (κ3) is 3.74. The van der Waals surface area contributed by atoms with Crippen molar-refractivity contribution in [2.75, 3.05) is 18.6 Å². The third-order valence-electron chi connectivity index (χ3n) is 3.88. The van der Waals surface area contributed by atoms with Gasteiger partial charge in [0.05, 0.1) is 18.9 Å². The monoisotopic (exact) mass is 354 g/mol. The number of methoxy groups -OCH3 is 1. The van der Waals surface area contributed by atoms with Crippen molar-refractivity contribution in [2.24, 2.45) is 0 Å². The molecular formula is C20H19FN2O3. The van der Waals surface area contributed by atoms with Crippen LogP contribution >= 0.6 is 0 Å². The van der Waals surface area contributed by atoms with E-state index in [1.807, 2.05) is 17.9 Å². The number of halogens is 1. The number of oxazole rings is 1. The van der Waals surface area contributed by atoms with Crippen LogP contribution in [0.5, 0.6) is 0 Å². The number of hydrogen-bond donors (Lipinski definition) is 0. The molecule has 0 aliphatic rings. The zero-order valence-corrected chi connectivity index (χ0v) is 14.6. The van der Waals surface area contributed by atoms with E-state index in [1.54, 1.807) is 36.5 Å². The Labute approximate surface area is 151 Å². The number of carbonyl (C=O) groups excluding carboxylic acids is 1. The van der Waals surface area contributed by atoms with Crippen molar-refractivity contribution in [2.45, 2.75) is 13.3 Å². The van der Waals surface area contributed by atoms with Crippen molar-refractivity contribution in [3.05, 3.63) is 66.1 Å². The fourth-order valence-corrected chi connectivity index (χ4v) is 2.62. The SMILES string of the molecule is CCCN(c1ccc(F)cc1)c1ncc(-c2cccc(C(=O)OC)c2)o1. The topological polar surface area (TPSA) is 55.6 Å². The van der Waals surface area contributed by atoms with E-state index < -0.39 is 5.97 Å². The predicted octanol–water partition coefficient (Wildman–Crippen LogP) is 4.82. The van der Waals surface area contributed by atoms with E-state index in [-0.39, 0.29) is 5.82 Å². The maximum atomic E-state index is 13.2. The van der Waals surface area contributed by atoms with Crippen molar-refractivity contribution in [1.82, 2.24) is 4.98 Å². The van der Waals surface area contributed by atoms with Crippen molar-refractivity contribution >= 4 is 17.7 Å². The van der Waals surface area contributed by atoms with E-state index in [0.717, 1.165) is 17.7 Å². The second kappa shape index (κ2) is 7.82. The molecule has 0 fully saturated rings. The van der Waals surface area contributed by atoms with E-state index in [0.29, 0.717) is 23.9 Å². The number of ether oxygens (including phenoxy) is 1. The highest BCUT2D eigenvalue weighted by Gasteiger charge is 2.16. The normalized spacial score (nSPS) is 10.6. The van der Waals surface area contributed by atoms with E-state index in [1.165, 1.54) is 19.2 Å². The zero-order chi connectivity index (χ0) is 18.5. The molecule has 26 heavy (non-hydrogen) atoms. The summed E-state index contributed by atoms with van der Waals surface area (Å²) < 4.78 is 23.9. The van der Waals surface area contributed by atoms with Gasteiger partial charge in [-0.25, -0.2) is 14.2 Å². The lowest BCUT2D eigenvalue weighted by molar-refractivity contribution is 0.0601. The quantitative estimate of drug-likeness (QED) is 0.594. The molecule has 0 radical (unpaired) electrons. The fraction of sp³-hybridized carbons (Fsp3) is 0.200. The van der Waals surface area contributed by atoms with Crippen LogP contribution in [0.3, 0.4) is 0 Å². The molecule has 0 spiro atoms. The van der Waals surface area contributed by atoms with Crippen LogP contribution in [0.2, 0.25) is 0 Å². The molecule has 0 bridgehead atoms. The summed E-state index contributed by atoms with van der Waals surface area (Å²) in [5, 5.41) is 0. The maximum Gasteiger partial charge on any atom is 0.337 e. The number of nitrogens with zero attached hydrogens (tertiary/aromatic N) is 2. The van der Waals surface area contributed by atoms with Crippen LogP contribution in [-0.4, -0.2) is 24.6 Å². The third-order valence-corrected chi connectivity index (χ3v) is 3.88. The summed E-state index contributed by atoms with van der Waals surface area (Å²) in [4.78, 5) is 17.9. The lowest BCUT2D eigenvalue weighted by atomic mass is 10.1. The van der Waals surface area contributed by atoms with Gasteiger partial charge in [0, 0.05) is 17.8 Å². The van der Waals surface area contributed by atoms with Gasteiger partial charge in [0.25, 0.3) is 0 Å². The first-order valence-corrected chi connectivity index (χ1v) is 8.30. The summed E-state index contributed by atoms with van der Waals surface area (Å²) in [5.41, 5.74) is 1.96. The summed E-state index contributed by atoms with van der Waals surface area (Å²) >= 11 is 0. The van der Waals surface area contributed by atoms with Gasteiger partial charge < -0.3 is 9.15 Å². The Balaban J connectivity index is 1.92. The highest BCUT2D eigenvalue weighted by atomic mass is 19.1. The molecule has 1 heterocycles. The molecule has 3 rings (SSSR count). The number of rotatable bonds is 6. The molecule has 6 heteroatoms. The molecule has 0 atom stereocenters. The standard InChI is InChI=1S/C20H19FN2O3/c1-3-11-23(17-9-7-16(21)8-10-17)20-22-13-18(26-20)14-5-4-6-15(12-14)19(24)25-2/h4-10,12-13H,3,11H2,1-2H3. The molecule has 0 amide bonds. The van der Waals surface area contributed by atoms with Crippen LogP contribution in [-0.2, 0) is 4.74 Å². The minimum Gasteiger partial charge on any atom is -0.465 e. The van der Waals surface area contributed by atoms with Gasteiger partial charge >= 0.3 is 12.0 Å². The molecule has 1 aromatic heterocycles. The zero-order valence-electron chi connectivity index (χ0n) is 14.6. The smallest absolute Gasteiger partial charge is 0.337 e. The van der Waals surface area contributed by atoms with Gasteiger partial charge in [-0.3, -0.25) is 4.90 Å². The highest BCUT2D eigenvalue weighted by Crippen LogP contribution is 2.30. The van der Waals surface area contributed by atoms with Crippen LogP contribution in [0.1, 0.15) is 23.7 Å². The first-order valence-electron chi connectivity index (χ1n) is 8.30. The largest absolute Gasteiger partial charge is 0.465 e. The molecule has 2 aromatic carbocycles. The van der Waals surface area contributed by atoms with Gasteiger partial charge in [0.1, 0.15) is 5.82 Å². The Morgan fingerprint density at radius 3 is 2.69 bits per heavy atom. The minimum atomic E-state index is -0.412. The van der Waals surface area contributed by atoms with Crippen molar-refractivity contribution < 1.29 is 18.3 Å². The molecule has 5 nitrogen and oxygen atoms in total. The predicted molar refractivity (Wildman–Crippen MR) is 97.0 cm³/mol. The van der Waals surface area contributed by atoms with E-state index in [4.69, 9.17) is 9.15 Å². The van der Waals surface area contributed by atoms with Gasteiger partial charge in [-0.1, -0.05) is 19.1 Å². The first-order chi connectivity index (χ1) is 12.6. The van der Waals surface area contributed by atoms with Crippen LogP contribution < -0.4 is 4.90 Å². The molecule has 0 N–H and O–H groups in total. The van der Waals surface area contributed by atoms with Crippen molar-refractivity contribution in [3.63, 3.8) is 0 Å². The Morgan fingerprint density at radius 1 is 1.23 bits per heavy atom. The summed E-state index contributed by atoms with van der Waals surface area (Å²) in [7, 11) is 1.34. The lowest BCUT2D eigenvalue weighted by Gasteiger charge is -2.19. The first kappa shape index (κ1) is 17.7. The summed E-state index contributed by atoms with van der Waals surface area (Å²) in [6, 6.07) is 13.6. The molecular weight excluding hydrogens is 335 g/mol. The maximum absolute atomic E-state index is 13.2. The van der Waals surface area contributed by atoms with Gasteiger partial charge in [0.2, 0.25) is 0 Å². The van der Waals surface area contributed by atoms with Crippen molar-refractivity contribution in [1.29, 1.82) is 0 Å². The van der Waals surface area contributed by atoms with E-state index in [2.05, 4.69) is 4.98 Å². The van der Waals surface area contributed by atoms with Gasteiger partial charge in [-0.2, -0.15) is 0 Å². The van der Waals surface area contributed by atoms with E-state index >= 15 is 0 Å². The van der Waals surface area contributed by atoms with Crippen molar-refractivity contribution in [3.8, 4) is 11.3 Å². The van der Waals surface area contributed by atoms with Crippen LogP contribution in [0.25, 0.3) is 11.3 Å². The fourth-order valence-electron chi connectivity index (χ4n) is 2.62. The van der Waals surface area contributed by atoms with Gasteiger partial charge in [-0.05, 0) is 42.8 Å². The van der Waals surface area contributed by atoms with Crippen LogP contribution in [0, 0.1) is 5.82 Å². The van der Waals surface area contributed by atoms with Crippen LogP contribution in [0.4, 0.5) is 16.1 Å². The van der Waals surface area contributed by atoms with Crippen LogP contribution in [0.15, 0.2) is 59.1 Å². The van der Waals surface area contributed by atoms with Gasteiger partial charge in [0.15, 0.2) is 5.76 Å².